The van der Waals surface area contributed by atoms with E-state index >= 15 is 0 Å². The molecule has 0 aliphatic heterocycles. The van der Waals surface area contributed by atoms with Crippen LogP contribution in [0.2, 0.25) is 4.78 Å². The highest BCUT2D eigenvalue weighted by atomic mass is 27.1. The van der Waals surface area contributed by atoms with Gasteiger partial charge in [0.25, 0.3) is 0 Å². The SMILES string of the molecule is [AlH2][NH]C1C[CH]1[AlH2]. The van der Waals surface area contributed by atoms with Crippen molar-refractivity contribution in [3.8, 4) is 0 Å². The van der Waals surface area contributed by atoms with Crippen LogP contribution in [-0.4, -0.2) is 38.8 Å². The summed E-state index contributed by atoms with van der Waals surface area (Å²) in [5.41, 5.74) is 0. The molecule has 1 aliphatic carbocycles. The van der Waals surface area contributed by atoms with Crippen molar-refractivity contribution in [3.05, 3.63) is 0 Å². The summed E-state index contributed by atoms with van der Waals surface area (Å²) >= 11 is 2.61. The van der Waals surface area contributed by atoms with Crippen LogP contribution in [0.3, 0.4) is 0 Å². The topological polar surface area (TPSA) is 12.0 Å². The fraction of sp³-hybridized carbons (Fsp3) is 1.00. The number of hydrogen-bond acceptors (Lipinski definition) is 1. The van der Waals surface area contributed by atoms with Gasteiger partial charge in [-0.05, 0) is 12.5 Å². The third-order valence-electron chi connectivity index (χ3n) is 1.48. The van der Waals surface area contributed by atoms with Gasteiger partial charge in [0, 0.05) is 0 Å². The van der Waals surface area contributed by atoms with Crippen molar-refractivity contribution in [3.63, 3.8) is 0 Å². The van der Waals surface area contributed by atoms with E-state index in [2.05, 4.69) is 4.30 Å². The van der Waals surface area contributed by atoms with E-state index in [0.29, 0.717) is 0 Å². The molecular formula is C3H9Al2N. The number of hydrogen-bond donors (Lipinski definition) is 1. The Morgan fingerprint density at radius 1 is 1.67 bits per heavy atom. The van der Waals surface area contributed by atoms with Crippen LogP contribution in [0.4, 0.5) is 0 Å². The van der Waals surface area contributed by atoms with E-state index in [1.165, 1.54) is 39.2 Å². The minimum Gasteiger partial charge on any atom is -0.403 e. The van der Waals surface area contributed by atoms with Crippen LogP contribution in [-0.2, 0) is 0 Å². The highest BCUT2D eigenvalue weighted by Crippen LogP contribution is 2.32. The number of nitrogens with one attached hydrogen (secondary N) is 1. The Morgan fingerprint density at radius 2 is 2.17 bits per heavy atom. The second-order valence-electron chi connectivity index (χ2n) is 2.11. The standard InChI is InChI=1S/C3H5N.2Al.4H/c4-3-1-2-3;;;;;;/h1,3-4H,2H2;;;;;;/q-1;;+1;;;;. The Labute approximate surface area is 54.6 Å². The minimum absolute atomic E-state index is 0.975. The lowest BCUT2D eigenvalue weighted by molar-refractivity contribution is 0.955. The molecule has 0 aromatic rings. The van der Waals surface area contributed by atoms with Crippen LogP contribution in [0.5, 0.6) is 0 Å². The summed E-state index contributed by atoms with van der Waals surface area (Å²) in [6.45, 7) is 0. The largest absolute Gasteiger partial charge is 0.403 e. The summed E-state index contributed by atoms with van der Waals surface area (Å²) in [5, 5.41) is 0. The first-order valence-corrected chi connectivity index (χ1v) is 4.67. The predicted octanol–water partition coefficient (Wildman–Crippen LogP) is -1.68. The fourth-order valence-corrected chi connectivity index (χ4v) is 3.04. The van der Waals surface area contributed by atoms with Crippen LogP contribution >= 0.6 is 0 Å². The third-order valence-corrected chi connectivity index (χ3v) is 3.50. The molecule has 1 rings (SSSR count). The zero-order chi connectivity index (χ0) is 4.57. The summed E-state index contributed by atoms with van der Waals surface area (Å²) in [4.78, 5) is 0. The van der Waals surface area contributed by atoms with Crippen molar-refractivity contribution in [2.75, 3.05) is 0 Å². The Morgan fingerprint density at radius 3 is 2.17 bits per heavy atom. The molecule has 3 heteroatoms. The molecule has 0 radical (unpaired) electrons. The lowest BCUT2D eigenvalue weighted by Crippen LogP contribution is -2.11. The van der Waals surface area contributed by atoms with Gasteiger partial charge in [0.05, 0.1) is 0 Å². The smallest absolute Gasteiger partial charge is 0.319 e. The summed E-state index contributed by atoms with van der Waals surface area (Å²) in [6.07, 6.45) is 1.48. The predicted molar refractivity (Wildman–Crippen MR) is 32.4 cm³/mol. The molecule has 0 aromatic carbocycles. The molecule has 1 aliphatic rings. The van der Waals surface area contributed by atoms with Gasteiger partial charge in [-0.25, -0.2) is 0 Å². The van der Waals surface area contributed by atoms with E-state index in [1.807, 2.05) is 0 Å². The maximum absolute atomic E-state index is 3.36. The van der Waals surface area contributed by atoms with Gasteiger partial charge in [-0.3, -0.25) is 0 Å². The second-order valence-corrected chi connectivity index (χ2v) is 4.17. The molecule has 1 saturated carbocycles. The molecule has 2 atom stereocenters. The van der Waals surface area contributed by atoms with Crippen molar-refractivity contribution >= 4 is 32.8 Å². The average molecular weight is 113 g/mol. The fourth-order valence-electron chi connectivity index (χ4n) is 0.724. The first-order valence-electron chi connectivity index (χ1n) is 2.52. The number of rotatable bonds is 1. The molecular weight excluding hydrogens is 104 g/mol. The van der Waals surface area contributed by atoms with Crippen LogP contribution in [0, 0.1) is 0 Å². The van der Waals surface area contributed by atoms with Crippen molar-refractivity contribution < 1.29 is 0 Å². The van der Waals surface area contributed by atoms with Crippen LogP contribution in [0.25, 0.3) is 0 Å². The first kappa shape index (κ1) is 5.17. The molecule has 1 nitrogen and oxygen atoms in total. The molecule has 0 saturated heterocycles. The van der Waals surface area contributed by atoms with Crippen molar-refractivity contribution in [2.45, 2.75) is 17.2 Å². The van der Waals surface area contributed by atoms with E-state index in [-0.39, 0.29) is 0 Å². The molecule has 32 valence electrons. The molecule has 0 aromatic heterocycles. The van der Waals surface area contributed by atoms with Crippen molar-refractivity contribution in [2.24, 2.45) is 0 Å². The quantitative estimate of drug-likeness (QED) is 0.400. The van der Waals surface area contributed by atoms with Gasteiger partial charge in [-0.2, -0.15) is 0 Å². The minimum atomic E-state index is 0.975. The molecule has 0 amide bonds. The molecule has 0 spiro atoms. The zero-order valence-corrected chi connectivity index (χ0v) is 8.36. The van der Waals surface area contributed by atoms with Gasteiger partial charge in [0.1, 0.15) is 0 Å². The first-order chi connectivity index (χ1) is 2.84. The second kappa shape index (κ2) is 1.87. The van der Waals surface area contributed by atoms with Gasteiger partial charge < -0.3 is 4.30 Å². The van der Waals surface area contributed by atoms with E-state index in [1.54, 1.807) is 0 Å². The average Bonchev–Trinajstić information content (AvgIpc) is 2.19. The van der Waals surface area contributed by atoms with E-state index in [9.17, 15) is 0 Å². The van der Waals surface area contributed by atoms with Crippen LogP contribution in [0.1, 0.15) is 6.42 Å². The van der Waals surface area contributed by atoms with Gasteiger partial charge in [-0.15, -0.1) is 0 Å². The van der Waals surface area contributed by atoms with Crippen LogP contribution < -0.4 is 4.30 Å². The van der Waals surface area contributed by atoms with Crippen molar-refractivity contribution in [1.82, 2.24) is 4.30 Å². The lowest BCUT2D eigenvalue weighted by Gasteiger charge is -1.85. The maximum atomic E-state index is 3.36. The van der Waals surface area contributed by atoms with Gasteiger partial charge >= 0.3 is 16.5 Å². The monoisotopic (exact) mass is 113 g/mol. The third kappa shape index (κ3) is 0.999. The maximum Gasteiger partial charge on any atom is 0.319 e. The summed E-state index contributed by atoms with van der Waals surface area (Å²) in [7, 11) is 0. The summed E-state index contributed by atoms with van der Waals surface area (Å²) < 4.78 is 4.49. The Balaban J connectivity index is 2.09. The lowest BCUT2D eigenvalue weighted by atomic mass is 10.8. The zero-order valence-electron chi connectivity index (χ0n) is 4.36. The van der Waals surface area contributed by atoms with E-state index < -0.39 is 0 Å². The van der Waals surface area contributed by atoms with E-state index in [4.69, 9.17) is 0 Å². The molecule has 0 bridgehead atoms. The Kier molecular flexibility index (Phi) is 1.61. The Bertz CT molecular complexity index is 54.8. The molecule has 2 unspecified atom stereocenters. The molecule has 1 fully saturated rings. The van der Waals surface area contributed by atoms with E-state index in [0.717, 1.165) is 10.8 Å². The van der Waals surface area contributed by atoms with Gasteiger partial charge in [-0.1, -0.05) is 4.78 Å². The highest BCUT2D eigenvalue weighted by Gasteiger charge is 2.28. The molecule has 1 N–H and O–H groups in total. The molecule has 0 heterocycles. The van der Waals surface area contributed by atoms with Crippen LogP contribution in [0.15, 0.2) is 0 Å². The highest BCUT2D eigenvalue weighted by molar-refractivity contribution is 6.15. The normalized spacial score (nSPS) is 42.7. The summed E-state index contributed by atoms with van der Waals surface area (Å²) in [5.74, 6) is 0. The Hall–Kier alpha value is 1.02. The molecule has 6 heavy (non-hydrogen) atoms. The van der Waals surface area contributed by atoms with Gasteiger partial charge in [0.15, 0.2) is 0 Å². The van der Waals surface area contributed by atoms with Gasteiger partial charge in [0.2, 0.25) is 16.3 Å². The van der Waals surface area contributed by atoms with Crippen molar-refractivity contribution in [1.29, 1.82) is 0 Å². The summed E-state index contributed by atoms with van der Waals surface area (Å²) in [6, 6.07) is 0.975.